The van der Waals surface area contributed by atoms with E-state index < -0.39 is 37.3 Å². The quantitative estimate of drug-likeness (QED) is 0.222. The molecule has 7 N–H and O–H groups in total. The van der Waals surface area contributed by atoms with Gasteiger partial charge in [-0.25, -0.2) is 0 Å². The van der Waals surface area contributed by atoms with E-state index >= 15 is 0 Å². The van der Waals surface area contributed by atoms with Crippen LogP contribution in [0.1, 0.15) is 0 Å². The molecule has 7 nitrogen and oxygen atoms in total. The molecule has 0 aliphatic heterocycles. The van der Waals surface area contributed by atoms with Gasteiger partial charge in [-0.1, -0.05) is 0 Å². The maximum Gasteiger partial charge on any atom is 0.216 e. The van der Waals surface area contributed by atoms with Crippen LogP contribution >= 0.6 is 0 Å². The molecule has 0 saturated heterocycles. The second kappa shape index (κ2) is 4.82. The van der Waals surface area contributed by atoms with Crippen molar-refractivity contribution in [2.75, 3.05) is 13.2 Å². The zero-order chi connectivity index (χ0) is 10.6. The van der Waals surface area contributed by atoms with Gasteiger partial charge >= 0.3 is 0 Å². The van der Waals surface area contributed by atoms with Gasteiger partial charge in [-0.2, -0.15) is 0 Å². The van der Waals surface area contributed by atoms with Crippen molar-refractivity contribution in [3.05, 3.63) is 0 Å². The number of aliphatic hydroxyl groups excluding tert-OH is 5. The Morgan fingerprint density at radius 1 is 1.00 bits per heavy atom. The van der Waals surface area contributed by atoms with E-state index in [9.17, 15) is 0 Å². The van der Waals surface area contributed by atoms with Crippen LogP contribution in [-0.4, -0.2) is 73.1 Å². The Labute approximate surface area is 74.1 Å². The molecule has 7 heteroatoms. The average molecular weight is 198 g/mol. The smallest absolute Gasteiger partial charge is 0.216 e. The van der Waals surface area contributed by atoms with Gasteiger partial charge in [0.1, 0.15) is 18.3 Å². The highest BCUT2D eigenvalue weighted by Crippen LogP contribution is 2.12. The Kier molecular flexibility index (Phi) is 4.71. The topological polar surface area (TPSA) is 142 Å². The van der Waals surface area contributed by atoms with Crippen LogP contribution in [0.25, 0.3) is 0 Å². The molecule has 3 atom stereocenters. The highest BCUT2D eigenvalue weighted by molar-refractivity contribution is 4.84. The van der Waals surface area contributed by atoms with E-state index in [0.29, 0.717) is 0 Å². The van der Waals surface area contributed by atoms with Gasteiger partial charge in [-0.3, -0.25) is 0 Å². The van der Waals surface area contributed by atoms with E-state index in [0.717, 1.165) is 0 Å². The minimum absolute atomic E-state index is 0.847. The van der Waals surface area contributed by atoms with Gasteiger partial charge in [0.05, 0.1) is 13.2 Å². The minimum Gasteiger partial charge on any atom is -0.394 e. The second-order valence-electron chi connectivity index (χ2n) is 2.72. The lowest BCUT2D eigenvalue weighted by molar-refractivity contribution is -0.272. The molecule has 0 radical (unpaired) electrons. The van der Waals surface area contributed by atoms with Crippen molar-refractivity contribution in [2.24, 2.45) is 0 Å². The summed E-state index contributed by atoms with van der Waals surface area (Å²) in [6, 6.07) is 0. The third kappa shape index (κ3) is 3.16. The van der Waals surface area contributed by atoms with E-state index in [2.05, 4.69) is 0 Å². The van der Waals surface area contributed by atoms with Gasteiger partial charge in [0.15, 0.2) is 0 Å². The maximum absolute atomic E-state index is 8.97. The van der Waals surface area contributed by atoms with E-state index in [1.165, 1.54) is 0 Å². The summed E-state index contributed by atoms with van der Waals surface area (Å²) in [5.74, 6) is -2.91. The molecule has 0 fully saturated rings. The summed E-state index contributed by atoms with van der Waals surface area (Å²) in [5, 5.41) is 61.0. The Morgan fingerprint density at radius 3 is 1.77 bits per heavy atom. The van der Waals surface area contributed by atoms with Gasteiger partial charge in [0.25, 0.3) is 0 Å². The molecule has 0 saturated carbocycles. The second-order valence-corrected chi connectivity index (χ2v) is 2.72. The van der Waals surface area contributed by atoms with Crippen molar-refractivity contribution < 1.29 is 35.7 Å². The summed E-state index contributed by atoms with van der Waals surface area (Å²) in [7, 11) is 0. The van der Waals surface area contributed by atoms with Crippen molar-refractivity contribution in [2.45, 2.75) is 24.1 Å². The Balaban J connectivity index is 4.32. The van der Waals surface area contributed by atoms with Crippen LogP contribution in [0.4, 0.5) is 0 Å². The third-order valence-corrected chi connectivity index (χ3v) is 1.61. The standard InChI is InChI=1S/C6H14O7/c7-1-3(9)4(10)5(11)6(12,13)2-8/h3-5,7-13H,1-2H2/t3-,4-,5+/m1/s1. The normalized spacial score (nSPS) is 19.6. The maximum atomic E-state index is 8.97. The molecule has 0 spiro atoms. The molecule has 0 aromatic heterocycles. The van der Waals surface area contributed by atoms with Crippen LogP contribution in [0.2, 0.25) is 0 Å². The first-order valence-corrected chi connectivity index (χ1v) is 3.57. The molecule has 0 amide bonds. The van der Waals surface area contributed by atoms with E-state index in [4.69, 9.17) is 35.7 Å². The predicted molar refractivity (Wildman–Crippen MR) is 39.4 cm³/mol. The minimum atomic E-state index is -2.91. The van der Waals surface area contributed by atoms with Gasteiger partial charge in [0.2, 0.25) is 5.79 Å². The Bertz CT molecular complexity index is 148. The van der Waals surface area contributed by atoms with Crippen LogP contribution in [-0.2, 0) is 0 Å². The summed E-state index contributed by atoms with van der Waals surface area (Å²) in [6.45, 7) is -2.05. The van der Waals surface area contributed by atoms with Gasteiger partial charge < -0.3 is 35.7 Å². The number of aliphatic hydroxyl groups is 7. The molecule has 0 aliphatic rings. The first-order valence-electron chi connectivity index (χ1n) is 3.57. The van der Waals surface area contributed by atoms with Gasteiger partial charge in [-0.05, 0) is 0 Å². The fourth-order valence-electron chi connectivity index (χ4n) is 0.685. The van der Waals surface area contributed by atoms with Crippen LogP contribution in [0, 0.1) is 0 Å². The Hall–Kier alpha value is -0.280. The third-order valence-electron chi connectivity index (χ3n) is 1.61. The molecule has 0 heterocycles. The highest BCUT2D eigenvalue weighted by Gasteiger charge is 2.40. The average Bonchev–Trinajstić information content (AvgIpc) is 2.14. The van der Waals surface area contributed by atoms with Crippen LogP contribution in [0.15, 0.2) is 0 Å². The highest BCUT2D eigenvalue weighted by atomic mass is 16.5. The van der Waals surface area contributed by atoms with E-state index in [1.54, 1.807) is 0 Å². The summed E-state index contributed by atoms with van der Waals surface area (Å²) in [4.78, 5) is 0. The molecule has 13 heavy (non-hydrogen) atoms. The zero-order valence-electron chi connectivity index (χ0n) is 6.78. The molecule has 0 aliphatic carbocycles. The first kappa shape index (κ1) is 12.7. The molecule has 0 aromatic carbocycles. The number of hydrogen-bond donors (Lipinski definition) is 7. The van der Waals surface area contributed by atoms with E-state index in [-0.39, 0.29) is 0 Å². The number of hydrogen-bond acceptors (Lipinski definition) is 7. The van der Waals surface area contributed by atoms with Crippen molar-refractivity contribution in [1.82, 2.24) is 0 Å². The molecule has 0 bridgehead atoms. The van der Waals surface area contributed by atoms with E-state index in [1.807, 2.05) is 0 Å². The molecule has 80 valence electrons. The molecular formula is C6H14O7. The summed E-state index contributed by atoms with van der Waals surface area (Å²) < 4.78 is 0. The predicted octanol–water partition coefficient (Wildman–Crippen LogP) is -4.27. The number of rotatable bonds is 5. The molecule has 0 rings (SSSR count). The van der Waals surface area contributed by atoms with Gasteiger partial charge in [0, 0.05) is 0 Å². The molecule has 0 unspecified atom stereocenters. The van der Waals surface area contributed by atoms with Crippen molar-refractivity contribution in [1.29, 1.82) is 0 Å². The van der Waals surface area contributed by atoms with Crippen LogP contribution in [0.3, 0.4) is 0 Å². The fourth-order valence-corrected chi connectivity index (χ4v) is 0.685. The van der Waals surface area contributed by atoms with Crippen molar-refractivity contribution >= 4 is 0 Å². The summed E-state index contributed by atoms with van der Waals surface area (Å²) >= 11 is 0. The fraction of sp³-hybridized carbons (Fsp3) is 1.00. The molecular weight excluding hydrogens is 184 g/mol. The lowest BCUT2D eigenvalue weighted by atomic mass is 10.0. The van der Waals surface area contributed by atoms with Crippen molar-refractivity contribution in [3.8, 4) is 0 Å². The summed E-state index contributed by atoms with van der Waals surface area (Å²) in [5.41, 5.74) is 0. The van der Waals surface area contributed by atoms with Gasteiger partial charge in [-0.15, -0.1) is 0 Å². The van der Waals surface area contributed by atoms with Crippen LogP contribution < -0.4 is 0 Å². The Morgan fingerprint density at radius 2 is 1.46 bits per heavy atom. The largest absolute Gasteiger partial charge is 0.394 e. The summed E-state index contributed by atoms with van der Waals surface area (Å²) in [6.07, 6.45) is -5.83. The first-order chi connectivity index (χ1) is 5.86. The lowest BCUT2D eigenvalue weighted by Crippen LogP contribution is -2.55. The molecule has 0 aromatic rings. The monoisotopic (exact) mass is 198 g/mol. The van der Waals surface area contributed by atoms with Crippen LogP contribution in [0.5, 0.6) is 0 Å². The van der Waals surface area contributed by atoms with Crippen molar-refractivity contribution in [3.63, 3.8) is 0 Å². The zero-order valence-corrected chi connectivity index (χ0v) is 6.78. The SMILES string of the molecule is OC[C@@H](O)[C@@H](O)[C@H](O)C(O)(O)CO. The lowest BCUT2D eigenvalue weighted by Gasteiger charge is -2.30.